The first-order valence-corrected chi connectivity index (χ1v) is 12.4. The van der Waals surface area contributed by atoms with Crippen molar-refractivity contribution in [3.05, 3.63) is 29.5 Å². The van der Waals surface area contributed by atoms with Gasteiger partial charge in [0.05, 0.1) is 23.8 Å². The van der Waals surface area contributed by atoms with Gasteiger partial charge in [0.1, 0.15) is 5.75 Å². The zero-order valence-corrected chi connectivity index (χ0v) is 18.1. The second kappa shape index (κ2) is 6.53. The predicted octanol–water partition coefficient (Wildman–Crippen LogP) is 5.44. The van der Waals surface area contributed by atoms with Crippen LogP contribution in [-0.2, 0) is 18.1 Å². The molecule has 2 aromatic rings. The summed E-state index contributed by atoms with van der Waals surface area (Å²) in [4.78, 5) is 12.4. The molecule has 0 saturated carbocycles. The lowest BCUT2D eigenvalue weighted by atomic mass is 10.0. The summed E-state index contributed by atoms with van der Waals surface area (Å²) in [6.45, 7) is 13.9. The van der Waals surface area contributed by atoms with E-state index in [1.807, 2.05) is 19.1 Å². The molecule has 1 unspecified atom stereocenters. The van der Waals surface area contributed by atoms with Gasteiger partial charge < -0.3 is 13.7 Å². The van der Waals surface area contributed by atoms with E-state index in [-0.39, 0.29) is 16.9 Å². The van der Waals surface area contributed by atoms with Gasteiger partial charge in [-0.3, -0.25) is 4.79 Å². The molecule has 0 saturated heterocycles. The number of hydrogen-bond donors (Lipinski definition) is 0. The van der Waals surface area contributed by atoms with Gasteiger partial charge in [0, 0.05) is 30.6 Å². The third kappa shape index (κ3) is 3.47. The van der Waals surface area contributed by atoms with E-state index in [4.69, 9.17) is 9.16 Å². The van der Waals surface area contributed by atoms with Crippen LogP contribution < -0.4 is 4.74 Å². The molecule has 0 bridgehead atoms. The highest BCUT2D eigenvalue weighted by Crippen LogP contribution is 2.38. The summed E-state index contributed by atoms with van der Waals surface area (Å²) in [5.41, 5.74) is 2.93. The molecule has 1 atom stereocenters. The quantitative estimate of drug-likeness (QED) is 0.672. The second-order valence-corrected chi connectivity index (χ2v) is 13.9. The van der Waals surface area contributed by atoms with E-state index in [1.165, 1.54) is 0 Å². The third-order valence-electron chi connectivity index (χ3n) is 6.04. The topological polar surface area (TPSA) is 40.5 Å². The number of Topliss-reactive ketones (excluding diaryl/α,β-unsaturated/α-hetero) is 1. The Morgan fingerprint density at radius 2 is 1.96 bits per heavy atom. The first-order valence-electron chi connectivity index (χ1n) is 9.46. The summed E-state index contributed by atoms with van der Waals surface area (Å²) in [7, 11) is 0.253. The van der Waals surface area contributed by atoms with E-state index in [2.05, 4.69) is 51.5 Å². The van der Waals surface area contributed by atoms with Gasteiger partial charge in [-0.25, -0.2) is 0 Å². The molecule has 5 heteroatoms. The van der Waals surface area contributed by atoms with Crippen LogP contribution in [0.4, 0.5) is 0 Å². The van der Waals surface area contributed by atoms with Gasteiger partial charge in [-0.1, -0.05) is 20.8 Å². The summed E-state index contributed by atoms with van der Waals surface area (Å²) in [5.74, 6) is 0.889. The fraction of sp³-hybridized carbons (Fsp3) is 0.571. The molecule has 1 aliphatic rings. The SMILES string of the molecule is CC1CCC(=O)c2cc3cc(CO[Si](C)(C)C(C)(C)C)n(C)c3cc2O1. The second-order valence-electron chi connectivity index (χ2n) is 9.04. The molecular weight excluding hydrogens is 342 g/mol. The van der Waals surface area contributed by atoms with Crippen molar-refractivity contribution in [1.82, 2.24) is 4.57 Å². The number of nitrogens with zero attached hydrogens (tertiary/aromatic N) is 1. The van der Waals surface area contributed by atoms with Crippen molar-refractivity contribution in [2.75, 3.05) is 0 Å². The molecule has 0 amide bonds. The van der Waals surface area contributed by atoms with E-state index < -0.39 is 8.32 Å². The zero-order chi connectivity index (χ0) is 19.3. The van der Waals surface area contributed by atoms with Crippen molar-refractivity contribution >= 4 is 25.0 Å². The molecule has 1 aromatic carbocycles. The fourth-order valence-corrected chi connectivity index (χ4v) is 4.03. The number of ether oxygens (including phenoxy) is 1. The molecule has 1 aromatic heterocycles. The lowest BCUT2D eigenvalue weighted by molar-refractivity contribution is 0.0978. The van der Waals surface area contributed by atoms with Crippen molar-refractivity contribution in [3.8, 4) is 5.75 Å². The van der Waals surface area contributed by atoms with Crippen LogP contribution in [0.1, 0.15) is 56.6 Å². The number of aromatic nitrogens is 1. The molecule has 1 aliphatic heterocycles. The van der Waals surface area contributed by atoms with Crippen LogP contribution >= 0.6 is 0 Å². The van der Waals surface area contributed by atoms with Gasteiger partial charge in [-0.2, -0.15) is 0 Å². The molecule has 0 spiro atoms. The van der Waals surface area contributed by atoms with Crippen LogP contribution in [0.5, 0.6) is 5.75 Å². The molecule has 0 radical (unpaired) electrons. The standard InChI is InChI=1S/C21H31NO3Si/c1-14-8-9-19(23)17-11-15-10-16(13-24-26(6,7)21(2,3)4)22(5)18(15)12-20(17)25-14/h10-12,14H,8-9,13H2,1-7H3. The van der Waals surface area contributed by atoms with E-state index in [1.54, 1.807) is 0 Å². The fourth-order valence-electron chi connectivity index (χ4n) is 3.09. The maximum atomic E-state index is 12.4. The highest BCUT2D eigenvalue weighted by molar-refractivity contribution is 6.74. The number of carbonyl (C=O) groups excluding carboxylic acids is 1. The highest BCUT2D eigenvalue weighted by Gasteiger charge is 2.37. The van der Waals surface area contributed by atoms with Gasteiger partial charge in [0.2, 0.25) is 0 Å². The third-order valence-corrected chi connectivity index (χ3v) is 10.5. The number of ketones is 1. The molecule has 3 rings (SSSR count). The summed E-state index contributed by atoms with van der Waals surface area (Å²) in [6, 6.07) is 6.14. The van der Waals surface area contributed by atoms with Crippen molar-refractivity contribution in [2.24, 2.45) is 7.05 Å². The summed E-state index contributed by atoms with van der Waals surface area (Å²) >= 11 is 0. The van der Waals surface area contributed by atoms with Crippen LogP contribution in [0.2, 0.25) is 18.1 Å². The summed E-state index contributed by atoms with van der Waals surface area (Å²) < 4.78 is 14.6. The predicted molar refractivity (Wildman–Crippen MR) is 109 cm³/mol. The van der Waals surface area contributed by atoms with E-state index in [9.17, 15) is 4.79 Å². The van der Waals surface area contributed by atoms with Crippen molar-refractivity contribution in [2.45, 2.75) is 71.4 Å². The Morgan fingerprint density at radius 1 is 1.27 bits per heavy atom. The number of benzene rings is 1. The molecule has 0 aliphatic carbocycles. The van der Waals surface area contributed by atoms with Crippen molar-refractivity contribution in [3.63, 3.8) is 0 Å². The Labute approximate surface area is 157 Å². The molecule has 26 heavy (non-hydrogen) atoms. The Hall–Kier alpha value is -1.59. The molecule has 4 nitrogen and oxygen atoms in total. The van der Waals surface area contributed by atoms with Crippen LogP contribution in [-0.4, -0.2) is 24.8 Å². The number of rotatable bonds is 3. The summed E-state index contributed by atoms with van der Waals surface area (Å²) in [5, 5.41) is 1.26. The minimum atomic E-state index is -1.80. The number of carbonyl (C=O) groups is 1. The van der Waals surface area contributed by atoms with Crippen molar-refractivity contribution in [1.29, 1.82) is 0 Å². The lowest BCUT2D eigenvalue weighted by Crippen LogP contribution is -2.40. The van der Waals surface area contributed by atoms with Crippen LogP contribution in [0.25, 0.3) is 10.9 Å². The van der Waals surface area contributed by atoms with Crippen LogP contribution in [0.15, 0.2) is 18.2 Å². The Balaban J connectivity index is 1.95. The molecule has 2 heterocycles. The minimum Gasteiger partial charge on any atom is -0.490 e. The molecule has 0 fully saturated rings. The highest BCUT2D eigenvalue weighted by atomic mass is 28.4. The largest absolute Gasteiger partial charge is 0.490 e. The average molecular weight is 374 g/mol. The van der Waals surface area contributed by atoms with Crippen LogP contribution in [0.3, 0.4) is 0 Å². The Morgan fingerprint density at radius 3 is 2.62 bits per heavy atom. The molecule has 0 N–H and O–H groups in total. The Bertz CT molecular complexity index is 845. The van der Waals surface area contributed by atoms with Gasteiger partial charge in [-0.05, 0) is 43.6 Å². The van der Waals surface area contributed by atoms with Crippen molar-refractivity contribution < 1.29 is 14.0 Å². The zero-order valence-electron chi connectivity index (χ0n) is 17.1. The van der Waals surface area contributed by atoms with Gasteiger partial charge in [-0.15, -0.1) is 0 Å². The van der Waals surface area contributed by atoms with E-state index in [0.717, 1.165) is 23.0 Å². The number of aryl methyl sites for hydroxylation is 1. The van der Waals surface area contributed by atoms with Gasteiger partial charge >= 0.3 is 0 Å². The van der Waals surface area contributed by atoms with Gasteiger partial charge in [0.15, 0.2) is 14.1 Å². The van der Waals surface area contributed by atoms with E-state index in [0.29, 0.717) is 24.3 Å². The normalized spacial score (nSPS) is 18.6. The monoisotopic (exact) mass is 373 g/mol. The Kier molecular flexibility index (Phi) is 4.82. The lowest BCUT2D eigenvalue weighted by Gasteiger charge is -2.36. The average Bonchev–Trinajstić information content (AvgIpc) is 2.76. The molecule has 142 valence electrons. The number of fused-ring (bicyclic) bond motifs is 2. The van der Waals surface area contributed by atoms with Gasteiger partial charge in [0.25, 0.3) is 0 Å². The minimum absolute atomic E-state index is 0.0688. The summed E-state index contributed by atoms with van der Waals surface area (Å²) in [6.07, 6.45) is 1.39. The maximum Gasteiger partial charge on any atom is 0.192 e. The first kappa shape index (κ1) is 19.2. The van der Waals surface area contributed by atoms with Crippen LogP contribution in [0, 0.1) is 0 Å². The molecular formula is C21H31NO3Si. The first-order chi connectivity index (χ1) is 12.0. The maximum absolute atomic E-state index is 12.4. The number of hydrogen-bond acceptors (Lipinski definition) is 3. The smallest absolute Gasteiger partial charge is 0.192 e. The van der Waals surface area contributed by atoms with E-state index >= 15 is 0 Å².